The second-order valence-electron chi connectivity index (χ2n) is 9.22. The summed E-state index contributed by atoms with van der Waals surface area (Å²) >= 11 is 1.34. The third kappa shape index (κ3) is 4.80. The van der Waals surface area contributed by atoms with Crippen LogP contribution in [-0.4, -0.2) is 36.9 Å². The summed E-state index contributed by atoms with van der Waals surface area (Å²) in [5, 5.41) is 3.43. The molecule has 1 saturated heterocycles. The average Bonchev–Trinajstić information content (AvgIpc) is 3.13. The van der Waals surface area contributed by atoms with Crippen LogP contribution in [0.15, 0.2) is 46.3 Å². The van der Waals surface area contributed by atoms with Gasteiger partial charge in [0.15, 0.2) is 5.17 Å². The largest absolute Gasteiger partial charge is 0.496 e. The van der Waals surface area contributed by atoms with E-state index in [0.717, 1.165) is 35.7 Å². The van der Waals surface area contributed by atoms with Crippen molar-refractivity contribution in [2.75, 3.05) is 25.2 Å². The summed E-state index contributed by atoms with van der Waals surface area (Å²) in [5.41, 5.74) is 4.25. The number of hydrogen-bond acceptors (Lipinski definition) is 6. The number of fused-ring (bicyclic) bond motifs is 1. The van der Waals surface area contributed by atoms with Gasteiger partial charge in [-0.3, -0.25) is 4.79 Å². The van der Waals surface area contributed by atoms with Crippen LogP contribution in [0.4, 0.5) is 11.4 Å². The summed E-state index contributed by atoms with van der Waals surface area (Å²) in [7, 11) is 1.68. The number of methoxy groups -OCH3 is 1. The number of ether oxygens (including phenoxy) is 2. The molecule has 2 heterocycles. The lowest BCUT2D eigenvalue weighted by Crippen LogP contribution is -2.48. The highest BCUT2D eigenvalue weighted by Gasteiger charge is 2.36. The van der Waals surface area contributed by atoms with E-state index < -0.39 is 0 Å². The Labute approximate surface area is 206 Å². The Morgan fingerprint density at radius 2 is 1.97 bits per heavy atom. The van der Waals surface area contributed by atoms with Crippen LogP contribution in [0, 0.1) is 0 Å². The summed E-state index contributed by atoms with van der Waals surface area (Å²) in [6, 6.07) is 11.8. The van der Waals surface area contributed by atoms with Crippen molar-refractivity contribution in [3.63, 3.8) is 0 Å². The van der Waals surface area contributed by atoms with E-state index in [0.29, 0.717) is 22.6 Å². The van der Waals surface area contributed by atoms with Gasteiger partial charge in [-0.1, -0.05) is 6.92 Å². The van der Waals surface area contributed by atoms with Gasteiger partial charge in [0, 0.05) is 29.4 Å². The second-order valence-corrected chi connectivity index (χ2v) is 10.3. The van der Waals surface area contributed by atoms with Gasteiger partial charge in [-0.25, -0.2) is 4.99 Å². The lowest BCUT2D eigenvalue weighted by molar-refractivity contribution is -0.115. The fourth-order valence-electron chi connectivity index (χ4n) is 4.94. The number of hydrogen-bond donors (Lipinski definition) is 1. The fourth-order valence-corrected chi connectivity index (χ4v) is 5.77. The van der Waals surface area contributed by atoms with Crippen LogP contribution in [0.25, 0.3) is 6.08 Å². The molecule has 0 bridgehead atoms. The number of nitrogens with zero attached hydrogens (tertiary/aromatic N) is 2. The molecule has 1 atom stereocenters. The normalized spacial score (nSPS) is 21.5. The van der Waals surface area contributed by atoms with Crippen molar-refractivity contribution in [2.45, 2.75) is 52.5 Å². The zero-order valence-electron chi connectivity index (χ0n) is 20.8. The van der Waals surface area contributed by atoms with Crippen LogP contribution in [0.5, 0.6) is 11.5 Å². The molecule has 4 rings (SSSR count). The van der Waals surface area contributed by atoms with Gasteiger partial charge < -0.3 is 19.7 Å². The monoisotopic (exact) mass is 479 g/mol. The molecule has 34 heavy (non-hydrogen) atoms. The molecule has 2 aliphatic rings. The van der Waals surface area contributed by atoms with Gasteiger partial charge in [-0.15, -0.1) is 0 Å². The molecule has 2 aliphatic heterocycles. The van der Waals surface area contributed by atoms with E-state index in [1.165, 1.54) is 23.0 Å². The van der Waals surface area contributed by atoms with Crippen LogP contribution < -0.4 is 19.7 Å². The quantitative estimate of drug-likeness (QED) is 0.508. The number of rotatable bonds is 6. The molecular weight excluding hydrogens is 446 g/mol. The maximum absolute atomic E-state index is 12.7. The minimum atomic E-state index is -0.154. The standard InChI is InChI=1S/C27H33N3O3S/c1-7-30-22-15-23(32-6)18(13-21(22)17(3)16-27(30,4)5)14-24-25(31)29-26(34-24)28-19-9-11-20(12-10-19)33-8-2/h9-15,17H,7-8,16H2,1-6H3,(H,28,29,31)/b24-14+. The van der Waals surface area contributed by atoms with Gasteiger partial charge >= 0.3 is 0 Å². The highest BCUT2D eigenvalue weighted by Crippen LogP contribution is 2.46. The van der Waals surface area contributed by atoms with Crippen LogP contribution >= 0.6 is 11.8 Å². The van der Waals surface area contributed by atoms with E-state index in [2.05, 4.69) is 55.0 Å². The number of aliphatic imine (C=N–C) groups is 1. The molecule has 0 aromatic heterocycles. The molecule has 1 unspecified atom stereocenters. The lowest BCUT2D eigenvalue weighted by Gasteiger charge is -2.47. The van der Waals surface area contributed by atoms with Crippen molar-refractivity contribution < 1.29 is 14.3 Å². The van der Waals surface area contributed by atoms with Crippen molar-refractivity contribution in [3.05, 3.63) is 52.4 Å². The highest BCUT2D eigenvalue weighted by molar-refractivity contribution is 8.18. The number of carbonyl (C=O) groups is 1. The molecule has 7 heteroatoms. The number of amides is 1. The van der Waals surface area contributed by atoms with E-state index >= 15 is 0 Å². The first kappa shape index (κ1) is 24.2. The zero-order valence-corrected chi connectivity index (χ0v) is 21.6. The predicted octanol–water partition coefficient (Wildman–Crippen LogP) is 6.10. The van der Waals surface area contributed by atoms with Gasteiger partial charge in [-0.2, -0.15) is 0 Å². The summed E-state index contributed by atoms with van der Waals surface area (Å²) in [6.07, 6.45) is 2.98. The predicted molar refractivity (Wildman–Crippen MR) is 142 cm³/mol. The topological polar surface area (TPSA) is 63.2 Å². The molecule has 1 N–H and O–H groups in total. The molecule has 2 aromatic carbocycles. The number of benzene rings is 2. The Hall–Kier alpha value is -2.93. The Morgan fingerprint density at radius 3 is 2.62 bits per heavy atom. The van der Waals surface area contributed by atoms with E-state index in [1.807, 2.05) is 37.3 Å². The zero-order chi connectivity index (χ0) is 24.5. The third-order valence-corrected chi connectivity index (χ3v) is 7.28. The van der Waals surface area contributed by atoms with E-state index in [-0.39, 0.29) is 11.4 Å². The number of nitrogens with one attached hydrogen (secondary N) is 1. The van der Waals surface area contributed by atoms with Crippen molar-refractivity contribution in [3.8, 4) is 11.5 Å². The highest BCUT2D eigenvalue weighted by atomic mass is 32.2. The van der Waals surface area contributed by atoms with E-state index in [1.54, 1.807) is 7.11 Å². The number of amidine groups is 1. The number of thioether (sulfide) groups is 1. The summed E-state index contributed by atoms with van der Waals surface area (Å²) in [4.78, 5) is 20.3. The number of carbonyl (C=O) groups excluding carboxylic acids is 1. The van der Waals surface area contributed by atoms with Gasteiger partial charge in [0.1, 0.15) is 11.5 Å². The van der Waals surface area contributed by atoms with Crippen LogP contribution in [0.3, 0.4) is 0 Å². The Balaban J connectivity index is 1.64. The molecule has 6 nitrogen and oxygen atoms in total. The second kappa shape index (κ2) is 9.74. The smallest absolute Gasteiger partial charge is 0.264 e. The van der Waals surface area contributed by atoms with E-state index in [4.69, 9.17) is 9.47 Å². The molecule has 180 valence electrons. The molecular formula is C27H33N3O3S. The Kier molecular flexibility index (Phi) is 6.94. The van der Waals surface area contributed by atoms with Crippen molar-refractivity contribution in [1.29, 1.82) is 0 Å². The minimum Gasteiger partial charge on any atom is -0.496 e. The molecule has 0 saturated carbocycles. The maximum atomic E-state index is 12.7. The van der Waals surface area contributed by atoms with Crippen molar-refractivity contribution in [2.24, 2.45) is 4.99 Å². The number of anilines is 1. The van der Waals surface area contributed by atoms with Crippen molar-refractivity contribution >= 4 is 40.3 Å². The van der Waals surface area contributed by atoms with Gasteiger partial charge in [0.2, 0.25) is 0 Å². The Morgan fingerprint density at radius 1 is 1.24 bits per heavy atom. The van der Waals surface area contributed by atoms with E-state index in [9.17, 15) is 4.79 Å². The van der Waals surface area contributed by atoms with Crippen molar-refractivity contribution in [1.82, 2.24) is 5.32 Å². The molecule has 0 radical (unpaired) electrons. The third-order valence-electron chi connectivity index (χ3n) is 6.37. The first-order valence-corrected chi connectivity index (χ1v) is 12.6. The van der Waals surface area contributed by atoms with Gasteiger partial charge in [0.05, 0.1) is 24.3 Å². The Bertz CT molecular complexity index is 1140. The SMILES string of the molecule is CCOc1ccc(N=C2NC(=O)/C(=C\c3cc4c(cc3OC)N(CC)C(C)(C)CC4C)S2)cc1. The molecule has 1 amide bonds. The minimum absolute atomic E-state index is 0.0829. The van der Waals surface area contributed by atoms with Crippen LogP contribution in [0.1, 0.15) is 58.1 Å². The van der Waals surface area contributed by atoms with Crippen LogP contribution in [-0.2, 0) is 4.79 Å². The summed E-state index contributed by atoms with van der Waals surface area (Å²) in [5.74, 6) is 1.82. The first-order valence-electron chi connectivity index (χ1n) is 11.8. The maximum Gasteiger partial charge on any atom is 0.264 e. The molecule has 0 spiro atoms. The average molecular weight is 480 g/mol. The lowest BCUT2D eigenvalue weighted by atomic mass is 9.79. The van der Waals surface area contributed by atoms with Crippen LogP contribution in [0.2, 0.25) is 0 Å². The molecule has 1 fully saturated rings. The molecule has 2 aromatic rings. The fraction of sp³-hybridized carbons (Fsp3) is 0.407. The summed E-state index contributed by atoms with van der Waals surface area (Å²) < 4.78 is 11.2. The van der Waals surface area contributed by atoms with Gasteiger partial charge in [0.25, 0.3) is 5.91 Å². The van der Waals surface area contributed by atoms with Gasteiger partial charge in [-0.05, 0) is 93.8 Å². The molecule has 0 aliphatic carbocycles. The summed E-state index contributed by atoms with van der Waals surface area (Å²) in [6.45, 7) is 12.6. The first-order chi connectivity index (χ1) is 16.2.